The van der Waals surface area contributed by atoms with Crippen molar-refractivity contribution in [1.29, 1.82) is 0 Å². The van der Waals surface area contributed by atoms with Crippen molar-refractivity contribution in [2.24, 2.45) is 0 Å². The molecular formula is C12H15N3O2. The fourth-order valence-electron chi connectivity index (χ4n) is 1.65. The molecule has 0 saturated carbocycles. The molecule has 0 aromatic carbocycles. The molecule has 2 aromatic heterocycles. The zero-order chi connectivity index (χ0) is 12.1. The van der Waals surface area contributed by atoms with E-state index in [-0.39, 0.29) is 6.04 Å². The Morgan fingerprint density at radius 1 is 1.47 bits per heavy atom. The summed E-state index contributed by atoms with van der Waals surface area (Å²) in [6, 6.07) is 3.90. The van der Waals surface area contributed by atoms with Crippen molar-refractivity contribution in [2.45, 2.75) is 12.5 Å². The SMILES string of the molecule is CNC(Cc1ccoc1)c1cc(OC)ncn1. The molecule has 5 nitrogen and oxygen atoms in total. The van der Waals surface area contributed by atoms with Crippen molar-refractivity contribution < 1.29 is 9.15 Å². The number of likely N-dealkylation sites (N-methyl/N-ethyl adjacent to an activating group) is 1. The van der Waals surface area contributed by atoms with Crippen LogP contribution in [0.4, 0.5) is 0 Å². The Balaban J connectivity index is 2.16. The summed E-state index contributed by atoms with van der Waals surface area (Å²) in [6.07, 6.45) is 5.73. The molecule has 0 aliphatic carbocycles. The minimum atomic E-state index is 0.115. The van der Waals surface area contributed by atoms with E-state index >= 15 is 0 Å². The molecular weight excluding hydrogens is 218 g/mol. The van der Waals surface area contributed by atoms with Crippen LogP contribution >= 0.6 is 0 Å². The monoisotopic (exact) mass is 233 g/mol. The topological polar surface area (TPSA) is 60.2 Å². The van der Waals surface area contributed by atoms with E-state index in [2.05, 4.69) is 15.3 Å². The molecule has 0 fully saturated rings. The van der Waals surface area contributed by atoms with E-state index in [1.54, 1.807) is 19.6 Å². The molecule has 0 radical (unpaired) electrons. The second-order valence-corrected chi connectivity index (χ2v) is 3.66. The molecule has 90 valence electrons. The summed E-state index contributed by atoms with van der Waals surface area (Å²) in [5, 5.41) is 3.22. The highest BCUT2D eigenvalue weighted by Crippen LogP contribution is 2.18. The van der Waals surface area contributed by atoms with Crippen molar-refractivity contribution in [1.82, 2.24) is 15.3 Å². The summed E-state index contributed by atoms with van der Waals surface area (Å²) >= 11 is 0. The van der Waals surface area contributed by atoms with Gasteiger partial charge in [-0.2, -0.15) is 0 Å². The van der Waals surface area contributed by atoms with E-state index < -0.39 is 0 Å². The van der Waals surface area contributed by atoms with Gasteiger partial charge in [0, 0.05) is 6.07 Å². The third-order valence-electron chi connectivity index (χ3n) is 2.60. The van der Waals surface area contributed by atoms with Crippen LogP contribution in [0.2, 0.25) is 0 Å². The predicted molar refractivity (Wildman–Crippen MR) is 62.8 cm³/mol. The molecule has 0 amide bonds. The van der Waals surface area contributed by atoms with E-state index in [4.69, 9.17) is 9.15 Å². The van der Waals surface area contributed by atoms with Gasteiger partial charge in [0.2, 0.25) is 5.88 Å². The summed E-state index contributed by atoms with van der Waals surface area (Å²) in [7, 11) is 3.50. The van der Waals surface area contributed by atoms with Crippen LogP contribution in [-0.4, -0.2) is 24.1 Å². The number of nitrogens with zero attached hydrogens (tertiary/aromatic N) is 2. The van der Waals surface area contributed by atoms with Gasteiger partial charge in [-0.05, 0) is 25.1 Å². The number of furan rings is 1. The zero-order valence-electron chi connectivity index (χ0n) is 9.88. The van der Waals surface area contributed by atoms with Gasteiger partial charge >= 0.3 is 0 Å². The van der Waals surface area contributed by atoms with Gasteiger partial charge in [0.1, 0.15) is 6.33 Å². The van der Waals surface area contributed by atoms with Crippen molar-refractivity contribution >= 4 is 0 Å². The van der Waals surface area contributed by atoms with Crippen LogP contribution in [0.25, 0.3) is 0 Å². The molecule has 0 spiro atoms. The Kier molecular flexibility index (Phi) is 3.72. The maximum Gasteiger partial charge on any atom is 0.216 e. The minimum Gasteiger partial charge on any atom is -0.481 e. The first kappa shape index (κ1) is 11.6. The Hall–Kier alpha value is -1.88. The molecule has 1 atom stereocenters. The van der Waals surface area contributed by atoms with Crippen molar-refractivity contribution in [3.05, 3.63) is 42.2 Å². The Morgan fingerprint density at radius 3 is 3.00 bits per heavy atom. The largest absolute Gasteiger partial charge is 0.481 e. The zero-order valence-corrected chi connectivity index (χ0v) is 9.88. The fourth-order valence-corrected chi connectivity index (χ4v) is 1.65. The van der Waals surface area contributed by atoms with Gasteiger partial charge in [0.25, 0.3) is 0 Å². The van der Waals surface area contributed by atoms with Crippen LogP contribution in [0, 0.1) is 0 Å². The number of hydrogen-bond donors (Lipinski definition) is 1. The molecule has 17 heavy (non-hydrogen) atoms. The van der Waals surface area contributed by atoms with Crippen LogP contribution in [0.5, 0.6) is 5.88 Å². The standard InChI is InChI=1S/C12H15N3O2/c1-13-10(5-9-3-4-17-7-9)11-6-12(16-2)15-8-14-11/h3-4,6-8,10,13H,5H2,1-2H3. The maximum absolute atomic E-state index is 5.09. The van der Waals surface area contributed by atoms with Gasteiger partial charge in [-0.3, -0.25) is 0 Å². The first-order valence-electron chi connectivity index (χ1n) is 5.37. The molecule has 2 heterocycles. The first-order chi connectivity index (χ1) is 8.33. The third-order valence-corrected chi connectivity index (χ3v) is 2.60. The quantitative estimate of drug-likeness (QED) is 0.849. The highest BCUT2D eigenvalue weighted by molar-refractivity contribution is 5.19. The van der Waals surface area contributed by atoms with Crippen molar-refractivity contribution in [3.63, 3.8) is 0 Å². The fraction of sp³-hybridized carbons (Fsp3) is 0.333. The number of nitrogens with one attached hydrogen (secondary N) is 1. The Labute approximate surface area is 99.8 Å². The molecule has 1 N–H and O–H groups in total. The Morgan fingerprint density at radius 2 is 2.35 bits per heavy atom. The van der Waals surface area contributed by atoms with Crippen LogP contribution in [-0.2, 0) is 6.42 Å². The average Bonchev–Trinajstić information content (AvgIpc) is 2.89. The normalized spacial score (nSPS) is 12.4. The lowest BCUT2D eigenvalue weighted by atomic mass is 10.1. The molecule has 0 aliphatic rings. The lowest BCUT2D eigenvalue weighted by molar-refractivity contribution is 0.394. The lowest BCUT2D eigenvalue weighted by Crippen LogP contribution is -2.20. The highest BCUT2D eigenvalue weighted by atomic mass is 16.5. The van der Waals surface area contributed by atoms with E-state index in [0.717, 1.165) is 17.7 Å². The molecule has 2 aromatic rings. The maximum atomic E-state index is 5.09. The van der Waals surface area contributed by atoms with E-state index in [1.807, 2.05) is 19.2 Å². The molecule has 0 saturated heterocycles. The van der Waals surface area contributed by atoms with Gasteiger partial charge in [-0.15, -0.1) is 0 Å². The van der Waals surface area contributed by atoms with E-state index in [0.29, 0.717) is 5.88 Å². The molecule has 0 aliphatic heterocycles. The van der Waals surface area contributed by atoms with Gasteiger partial charge in [-0.25, -0.2) is 9.97 Å². The lowest BCUT2D eigenvalue weighted by Gasteiger charge is -2.14. The number of methoxy groups -OCH3 is 1. The number of ether oxygens (including phenoxy) is 1. The summed E-state index contributed by atoms with van der Waals surface area (Å²) in [4.78, 5) is 8.25. The van der Waals surface area contributed by atoms with Crippen LogP contribution in [0.15, 0.2) is 35.4 Å². The summed E-state index contributed by atoms with van der Waals surface area (Å²) in [5.41, 5.74) is 2.03. The third kappa shape index (κ3) is 2.82. The highest BCUT2D eigenvalue weighted by Gasteiger charge is 2.13. The van der Waals surface area contributed by atoms with Crippen LogP contribution in [0.1, 0.15) is 17.3 Å². The van der Waals surface area contributed by atoms with Crippen molar-refractivity contribution in [2.75, 3.05) is 14.2 Å². The predicted octanol–water partition coefficient (Wildman–Crippen LogP) is 1.58. The second kappa shape index (κ2) is 5.45. The molecule has 5 heteroatoms. The van der Waals surface area contributed by atoms with Crippen LogP contribution in [0.3, 0.4) is 0 Å². The van der Waals surface area contributed by atoms with Gasteiger partial charge in [0.15, 0.2) is 0 Å². The smallest absolute Gasteiger partial charge is 0.216 e. The minimum absolute atomic E-state index is 0.115. The van der Waals surface area contributed by atoms with E-state index in [1.165, 1.54) is 6.33 Å². The van der Waals surface area contributed by atoms with Gasteiger partial charge < -0.3 is 14.5 Å². The number of rotatable bonds is 5. The van der Waals surface area contributed by atoms with Gasteiger partial charge in [0.05, 0.1) is 31.4 Å². The molecule has 2 rings (SSSR count). The summed E-state index contributed by atoms with van der Waals surface area (Å²) in [6.45, 7) is 0. The van der Waals surface area contributed by atoms with Gasteiger partial charge in [-0.1, -0.05) is 0 Å². The van der Waals surface area contributed by atoms with Crippen molar-refractivity contribution in [3.8, 4) is 5.88 Å². The summed E-state index contributed by atoms with van der Waals surface area (Å²) < 4.78 is 10.1. The number of hydrogen-bond acceptors (Lipinski definition) is 5. The average molecular weight is 233 g/mol. The second-order valence-electron chi connectivity index (χ2n) is 3.66. The summed E-state index contributed by atoms with van der Waals surface area (Å²) in [5.74, 6) is 0.572. The number of aromatic nitrogens is 2. The molecule has 0 bridgehead atoms. The molecule has 1 unspecified atom stereocenters. The Bertz CT molecular complexity index is 457. The first-order valence-corrected chi connectivity index (χ1v) is 5.37. The van der Waals surface area contributed by atoms with E-state index in [9.17, 15) is 0 Å². The van der Waals surface area contributed by atoms with Crippen LogP contribution < -0.4 is 10.1 Å².